The minimum Gasteiger partial charge on any atom is -0.368 e. The molecule has 0 aliphatic carbocycles. The van der Waals surface area contributed by atoms with E-state index in [1.54, 1.807) is 6.20 Å². The second kappa shape index (κ2) is 5.51. The maximum atomic E-state index is 12.5. The number of fused-ring (bicyclic) bond motifs is 1. The Morgan fingerprint density at radius 3 is 3.05 bits per heavy atom. The van der Waals surface area contributed by atoms with Crippen LogP contribution in [0, 0.1) is 0 Å². The van der Waals surface area contributed by atoms with Crippen LogP contribution in [0.15, 0.2) is 18.6 Å². The highest BCUT2D eigenvalue weighted by Gasteiger charge is 2.35. The average Bonchev–Trinajstić information content (AvgIpc) is 3.03. The summed E-state index contributed by atoms with van der Waals surface area (Å²) in [5, 5.41) is 4.00. The van der Waals surface area contributed by atoms with Crippen molar-refractivity contribution in [3.63, 3.8) is 0 Å². The summed E-state index contributed by atoms with van der Waals surface area (Å²) in [5.74, 6) is 0.653. The summed E-state index contributed by atoms with van der Waals surface area (Å²) in [6.45, 7) is 0.102. The van der Waals surface area contributed by atoms with Gasteiger partial charge < -0.3 is 10.3 Å². The SMILES string of the molecule is FC(F)(F)CN1CCC[C@@H]1CNc1ncnc2[nH]ccc12. The third-order valence-electron chi connectivity index (χ3n) is 3.74. The fourth-order valence-electron chi connectivity index (χ4n) is 2.79. The molecule has 114 valence electrons. The first-order valence-corrected chi connectivity index (χ1v) is 6.86. The molecule has 1 atom stereocenters. The second-order valence-corrected chi connectivity index (χ2v) is 5.22. The number of anilines is 1. The van der Waals surface area contributed by atoms with Crippen molar-refractivity contribution in [1.29, 1.82) is 0 Å². The summed E-state index contributed by atoms with van der Waals surface area (Å²) < 4.78 is 37.6. The molecule has 2 aromatic rings. The lowest BCUT2D eigenvalue weighted by molar-refractivity contribution is -0.147. The molecule has 0 amide bonds. The standard InChI is InChI=1S/C13H16F3N5/c14-13(15,16)7-21-5-1-2-9(21)6-18-12-10-3-4-17-11(10)19-8-20-12/h3-4,8-9H,1-2,5-7H2,(H2,17,18,19,20)/t9-/m1/s1. The zero-order valence-electron chi connectivity index (χ0n) is 11.3. The predicted molar refractivity (Wildman–Crippen MR) is 73.0 cm³/mol. The third-order valence-corrected chi connectivity index (χ3v) is 3.74. The Hall–Kier alpha value is -1.83. The Balaban J connectivity index is 1.65. The van der Waals surface area contributed by atoms with Gasteiger partial charge in [-0.1, -0.05) is 0 Å². The number of alkyl halides is 3. The van der Waals surface area contributed by atoms with Crippen LogP contribution < -0.4 is 5.32 Å². The van der Waals surface area contributed by atoms with Gasteiger partial charge in [-0.05, 0) is 25.5 Å². The van der Waals surface area contributed by atoms with E-state index in [1.165, 1.54) is 11.2 Å². The number of H-pyrrole nitrogens is 1. The lowest BCUT2D eigenvalue weighted by atomic mass is 10.2. The van der Waals surface area contributed by atoms with Gasteiger partial charge in [-0.25, -0.2) is 9.97 Å². The highest BCUT2D eigenvalue weighted by Crippen LogP contribution is 2.25. The van der Waals surface area contributed by atoms with E-state index >= 15 is 0 Å². The largest absolute Gasteiger partial charge is 0.401 e. The second-order valence-electron chi connectivity index (χ2n) is 5.22. The first kappa shape index (κ1) is 14.1. The number of likely N-dealkylation sites (tertiary alicyclic amines) is 1. The molecule has 0 unspecified atom stereocenters. The van der Waals surface area contributed by atoms with E-state index in [-0.39, 0.29) is 6.04 Å². The van der Waals surface area contributed by atoms with Gasteiger partial charge in [0.05, 0.1) is 11.9 Å². The van der Waals surface area contributed by atoms with Crippen molar-refractivity contribution in [3.8, 4) is 0 Å². The fraction of sp³-hybridized carbons (Fsp3) is 0.538. The minimum absolute atomic E-state index is 0.115. The third kappa shape index (κ3) is 3.26. The first-order valence-electron chi connectivity index (χ1n) is 6.86. The summed E-state index contributed by atoms with van der Waals surface area (Å²) in [6.07, 6.45) is 0.612. The predicted octanol–water partition coefficient (Wildman–Crippen LogP) is 2.40. The highest BCUT2D eigenvalue weighted by molar-refractivity contribution is 5.86. The number of halogens is 3. The fourth-order valence-corrected chi connectivity index (χ4v) is 2.79. The molecule has 2 aromatic heterocycles. The van der Waals surface area contributed by atoms with Gasteiger partial charge in [0, 0.05) is 18.8 Å². The molecule has 3 heterocycles. The van der Waals surface area contributed by atoms with Crippen molar-refractivity contribution in [3.05, 3.63) is 18.6 Å². The molecular weight excluding hydrogens is 283 g/mol. The van der Waals surface area contributed by atoms with Gasteiger partial charge in [-0.15, -0.1) is 0 Å². The van der Waals surface area contributed by atoms with Crippen LogP contribution in [-0.4, -0.2) is 51.7 Å². The zero-order chi connectivity index (χ0) is 14.9. The molecule has 1 saturated heterocycles. The molecule has 1 fully saturated rings. The highest BCUT2D eigenvalue weighted by atomic mass is 19.4. The van der Waals surface area contributed by atoms with E-state index in [1.807, 2.05) is 6.07 Å². The van der Waals surface area contributed by atoms with Crippen molar-refractivity contribution < 1.29 is 13.2 Å². The average molecular weight is 299 g/mol. The van der Waals surface area contributed by atoms with Crippen molar-refractivity contribution in [2.45, 2.75) is 25.1 Å². The molecule has 3 rings (SSSR count). The summed E-state index contributed by atoms with van der Waals surface area (Å²) in [5.41, 5.74) is 0.714. The van der Waals surface area contributed by atoms with E-state index in [4.69, 9.17) is 0 Å². The molecule has 0 aromatic carbocycles. The number of nitrogens with zero attached hydrogens (tertiary/aromatic N) is 3. The number of aromatic nitrogens is 3. The molecular formula is C13H16F3N5. The lowest BCUT2D eigenvalue weighted by Gasteiger charge is -2.25. The molecule has 5 nitrogen and oxygen atoms in total. The van der Waals surface area contributed by atoms with E-state index in [0.29, 0.717) is 24.6 Å². The van der Waals surface area contributed by atoms with Crippen LogP contribution in [0.5, 0.6) is 0 Å². The number of hydrogen-bond donors (Lipinski definition) is 2. The molecule has 0 bridgehead atoms. The van der Waals surface area contributed by atoms with E-state index in [9.17, 15) is 13.2 Å². The quantitative estimate of drug-likeness (QED) is 0.910. The Morgan fingerprint density at radius 2 is 2.24 bits per heavy atom. The number of hydrogen-bond acceptors (Lipinski definition) is 4. The number of aromatic amines is 1. The monoisotopic (exact) mass is 299 g/mol. The summed E-state index contributed by atoms with van der Waals surface area (Å²) in [4.78, 5) is 12.7. The van der Waals surface area contributed by atoms with Crippen molar-refractivity contribution in [2.75, 3.05) is 25.0 Å². The Labute approximate surface area is 119 Å². The van der Waals surface area contributed by atoms with Crippen LogP contribution in [0.2, 0.25) is 0 Å². The zero-order valence-corrected chi connectivity index (χ0v) is 11.3. The van der Waals surface area contributed by atoms with Crippen LogP contribution in [-0.2, 0) is 0 Å². The van der Waals surface area contributed by atoms with Gasteiger partial charge >= 0.3 is 6.18 Å². The van der Waals surface area contributed by atoms with Gasteiger partial charge in [0.2, 0.25) is 0 Å². The van der Waals surface area contributed by atoms with Crippen LogP contribution in [0.25, 0.3) is 11.0 Å². The molecule has 1 aliphatic heterocycles. The summed E-state index contributed by atoms with van der Waals surface area (Å²) in [6, 6.07) is 1.73. The Morgan fingerprint density at radius 1 is 1.38 bits per heavy atom. The van der Waals surface area contributed by atoms with Gasteiger partial charge in [-0.2, -0.15) is 13.2 Å². The van der Waals surface area contributed by atoms with Crippen molar-refractivity contribution in [1.82, 2.24) is 19.9 Å². The molecule has 2 N–H and O–H groups in total. The van der Waals surface area contributed by atoms with Gasteiger partial charge in [0.15, 0.2) is 0 Å². The van der Waals surface area contributed by atoms with E-state index in [0.717, 1.165) is 18.2 Å². The maximum Gasteiger partial charge on any atom is 0.401 e. The normalized spacial score (nSPS) is 20.2. The smallest absolute Gasteiger partial charge is 0.368 e. The van der Waals surface area contributed by atoms with Crippen LogP contribution in [0.1, 0.15) is 12.8 Å². The lowest BCUT2D eigenvalue weighted by Crippen LogP contribution is -2.41. The van der Waals surface area contributed by atoms with E-state index < -0.39 is 12.7 Å². The molecule has 21 heavy (non-hydrogen) atoms. The van der Waals surface area contributed by atoms with E-state index in [2.05, 4.69) is 20.3 Å². The van der Waals surface area contributed by atoms with Crippen molar-refractivity contribution >= 4 is 16.9 Å². The van der Waals surface area contributed by atoms with Crippen molar-refractivity contribution in [2.24, 2.45) is 0 Å². The molecule has 0 radical (unpaired) electrons. The summed E-state index contributed by atoms with van der Waals surface area (Å²) in [7, 11) is 0. The first-order chi connectivity index (χ1) is 10.0. The Kier molecular flexibility index (Phi) is 3.71. The molecule has 0 spiro atoms. The van der Waals surface area contributed by atoms with Gasteiger partial charge in [0.25, 0.3) is 0 Å². The number of rotatable bonds is 4. The molecule has 1 aliphatic rings. The van der Waals surface area contributed by atoms with Crippen LogP contribution in [0.4, 0.5) is 19.0 Å². The van der Waals surface area contributed by atoms with Gasteiger partial charge in [-0.3, -0.25) is 4.90 Å². The number of nitrogens with one attached hydrogen (secondary N) is 2. The van der Waals surface area contributed by atoms with Crippen LogP contribution >= 0.6 is 0 Å². The topological polar surface area (TPSA) is 56.8 Å². The maximum absolute atomic E-state index is 12.5. The van der Waals surface area contributed by atoms with Crippen LogP contribution in [0.3, 0.4) is 0 Å². The Bertz CT molecular complexity index is 609. The molecule has 8 heteroatoms. The minimum atomic E-state index is -4.15. The van der Waals surface area contributed by atoms with Gasteiger partial charge in [0.1, 0.15) is 17.8 Å². The molecule has 0 saturated carbocycles. The summed E-state index contributed by atoms with van der Waals surface area (Å²) >= 11 is 0.